The van der Waals surface area contributed by atoms with E-state index in [1.165, 1.54) is 22.0 Å². The van der Waals surface area contributed by atoms with Crippen molar-refractivity contribution in [3.8, 4) is 17.1 Å². The highest BCUT2D eigenvalue weighted by Crippen LogP contribution is 2.26. The van der Waals surface area contributed by atoms with Crippen LogP contribution < -0.4 is 15.9 Å². The van der Waals surface area contributed by atoms with E-state index in [0.29, 0.717) is 24.1 Å². The Balaban J connectivity index is 1.56. The number of nitrogens with one attached hydrogen (secondary N) is 1. The normalized spacial score (nSPS) is 11.8. The lowest BCUT2D eigenvalue weighted by Crippen LogP contribution is -2.32. The van der Waals surface area contributed by atoms with Gasteiger partial charge in [0.1, 0.15) is 5.75 Å². The molecule has 0 saturated heterocycles. The molecule has 0 aliphatic carbocycles. The molecule has 2 aromatic carbocycles. The number of ether oxygens (including phenoxy) is 1. The van der Waals surface area contributed by atoms with Crippen molar-refractivity contribution in [2.24, 2.45) is 0 Å². The summed E-state index contributed by atoms with van der Waals surface area (Å²) in [6.07, 6.45) is 0.791. The maximum absolute atomic E-state index is 12.4. The molecule has 3 rings (SSSR count). The average Bonchev–Trinajstić information content (AvgIpc) is 3.09. The Morgan fingerprint density at radius 2 is 1.90 bits per heavy atom. The van der Waals surface area contributed by atoms with Crippen LogP contribution in [0.25, 0.3) is 11.4 Å². The second-order valence-electron chi connectivity index (χ2n) is 6.42. The van der Waals surface area contributed by atoms with E-state index in [4.69, 9.17) is 10.6 Å². The molecule has 7 nitrogen and oxygen atoms in total. The van der Waals surface area contributed by atoms with E-state index in [9.17, 15) is 4.79 Å². The first-order valence-corrected chi connectivity index (χ1v) is 10.4. The molecule has 0 unspecified atom stereocenters. The number of thioether (sulfide) groups is 1. The van der Waals surface area contributed by atoms with Gasteiger partial charge in [-0.3, -0.25) is 4.79 Å². The van der Waals surface area contributed by atoms with Crippen molar-refractivity contribution in [2.45, 2.75) is 30.7 Å². The number of hydrogen-bond donors (Lipinski definition) is 2. The van der Waals surface area contributed by atoms with Gasteiger partial charge in [-0.05, 0) is 50.1 Å². The summed E-state index contributed by atoms with van der Waals surface area (Å²) in [6, 6.07) is 17.5. The van der Waals surface area contributed by atoms with Crippen LogP contribution in [0.3, 0.4) is 0 Å². The SMILES string of the molecule is CCOc1ccc(-c2nnc(S[C@H](C)C(=O)NCCc3ccccc3)n2N)cc1. The standard InChI is InChI=1S/C21H25N5O2S/c1-3-28-18-11-9-17(10-12-18)19-24-25-21(26(19)22)29-15(2)20(27)23-14-13-16-7-5-4-6-8-16/h4-12,15H,3,13-14,22H2,1-2H3,(H,23,27)/t15-/m1/s1. The molecule has 1 atom stereocenters. The molecule has 3 N–H and O–H groups in total. The lowest BCUT2D eigenvalue weighted by Gasteiger charge is -2.11. The third kappa shape index (κ3) is 5.51. The van der Waals surface area contributed by atoms with Crippen LogP contribution in [0.2, 0.25) is 0 Å². The first-order chi connectivity index (χ1) is 14.1. The number of carbonyl (C=O) groups is 1. The molecule has 8 heteroatoms. The summed E-state index contributed by atoms with van der Waals surface area (Å²) in [6.45, 7) is 4.96. The van der Waals surface area contributed by atoms with Gasteiger partial charge >= 0.3 is 0 Å². The van der Waals surface area contributed by atoms with E-state index < -0.39 is 0 Å². The zero-order chi connectivity index (χ0) is 20.6. The highest BCUT2D eigenvalue weighted by molar-refractivity contribution is 8.00. The Hall–Kier alpha value is -3.00. The molecule has 0 saturated carbocycles. The summed E-state index contributed by atoms with van der Waals surface area (Å²) in [4.78, 5) is 12.4. The Morgan fingerprint density at radius 1 is 1.17 bits per heavy atom. The molecule has 3 aromatic rings. The van der Waals surface area contributed by atoms with E-state index >= 15 is 0 Å². The van der Waals surface area contributed by atoms with Crippen LogP contribution in [-0.2, 0) is 11.2 Å². The van der Waals surface area contributed by atoms with Gasteiger partial charge in [0.2, 0.25) is 11.1 Å². The minimum Gasteiger partial charge on any atom is -0.494 e. The monoisotopic (exact) mass is 411 g/mol. The zero-order valence-electron chi connectivity index (χ0n) is 16.5. The van der Waals surface area contributed by atoms with Gasteiger partial charge in [0.25, 0.3) is 0 Å². The smallest absolute Gasteiger partial charge is 0.233 e. The van der Waals surface area contributed by atoms with E-state index in [2.05, 4.69) is 15.5 Å². The number of benzene rings is 2. The fourth-order valence-electron chi connectivity index (χ4n) is 2.75. The fourth-order valence-corrected chi connectivity index (χ4v) is 3.55. The number of rotatable bonds is 9. The van der Waals surface area contributed by atoms with E-state index in [1.807, 2.05) is 68.4 Å². The number of nitrogens with zero attached hydrogens (tertiary/aromatic N) is 3. The Kier molecular flexibility index (Phi) is 7.13. The van der Waals surface area contributed by atoms with Crippen molar-refractivity contribution < 1.29 is 9.53 Å². The summed E-state index contributed by atoms with van der Waals surface area (Å²) in [5.41, 5.74) is 2.02. The third-order valence-corrected chi connectivity index (χ3v) is 5.35. The number of nitrogen functional groups attached to an aromatic ring is 1. The highest BCUT2D eigenvalue weighted by Gasteiger charge is 2.19. The van der Waals surface area contributed by atoms with Crippen LogP contribution in [0, 0.1) is 0 Å². The van der Waals surface area contributed by atoms with Gasteiger partial charge in [-0.25, -0.2) is 4.68 Å². The van der Waals surface area contributed by atoms with Crippen molar-refractivity contribution in [3.63, 3.8) is 0 Å². The maximum Gasteiger partial charge on any atom is 0.233 e. The summed E-state index contributed by atoms with van der Waals surface area (Å²) in [5.74, 6) is 7.43. The zero-order valence-corrected chi connectivity index (χ0v) is 17.4. The summed E-state index contributed by atoms with van der Waals surface area (Å²) in [5, 5.41) is 11.4. The van der Waals surface area contributed by atoms with E-state index in [0.717, 1.165) is 17.7 Å². The largest absolute Gasteiger partial charge is 0.494 e. The van der Waals surface area contributed by atoms with Gasteiger partial charge in [0.15, 0.2) is 5.82 Å². The van der Waals surface area contributed by atoms with Crippen molar-refractivity contribution in [3.05, 3.63) is 60.2 Å². The van der Waals surface area contributed by atoms with Gasteiger partial charge in [-0.2, -0.15) is 0 Å². The number of hydrogen-bond acceptors (Lipinski definition) is 6. The minimum atomic E-state index is -0.342. The van der Waals surface area contributed by atoms with Crippen molar-refractivity contribution in [1.29, 1.82) is 0 Å². The van der Waals surface area contributed by atoms with E-state index in [-0.39, 0.29) is 11.2 Å². The molecule has 1 aromatic heterocycles. The minimum absolute atomic E-state index is 0.0588. The molecule has 152 valence electrons. The second-order valence-corrected chi connectivity index (χ2v) is 7.73. The maximum atomic E-state index is 12.4. The Bertz CT molecular complexity index is 928. The quantitative estimate of drug-likeness (QED) is 0.415. The lowest BCUT2D eigenvalue weighted by molar-refractivity contribution is -0.120. The molecule has 0 bridgehead atoms. The van der Waals surface area contributed by atoms with Crippen LogP contribution in [0.1, 0.15) is 19.4 Å². The molecular formula is C21H25N5O2S. The number of nitrogens with two attached hydrogens (primary N) is 1. The highest BCUT2D eigenvalue weighted by atomic mass is 32.2. The van der Waals surface area contributed by atoms with Crippen LogP contribution in [0.5, 0.6) is 5.75 Å². The van der Waals surface area contributed by atoms with E-state index in [1.54, 1.807) is 0 Å². The van der Waals surface area contributed by atoms with Crippen LogP contribution in [0.15, 0.2) is 59.8 Å². The summed E-state index contributed by atoms with van der Waals surface area (Å²) in [7, 11) is 0. The van der Waals surface area contributed by atoms with Crippen LogP contribution in [-0.4, -0.2) is 39.2 Å². The first kappa shape index (κ1) is 20.7. The summed E-state index contributed by atoms with van der Waals surface area (Å²) < 4.78 is 6.86. The number of amides is 1. The Labute approximate surface area is 174 Å². The summed E-state index contributed by atoms with van der Waals surface area (Å²) >= 11 is 1.28. The second kappa shape index (κ2) is 9.97. The molecule has 0 aliphatic rings. The van der Waals surface area contributed by atoms with Crippen molar-refractivity contribution in [2.75, 3.05) is 19.0 Å². The molecule has 0 aliphatic heterocycles. The van der Waals surface area contributed by atoms with Crippen LogP contribution in [0.4, 0.5) is 0 Å². The van der Waals surface area contributed by atoms with Gasteiger partial charge in [0.05, 0.1) is 11.9 Å². The fraction of sp³-hybridized carbons (Fsp3) is 0.286. The van der Waals surface area contributed by atoms with Gasteiger partial charge in [-0.1, -0.05) is 42.1 Å². The van der Waals surface area contributed by atoms with Gasteiger partial charge < -0.3 is 15.9 Å². The van der Waals surface area contributed by atoms with Gasteiger partial charge in [0, 0.05) is 12.1 Å². The number of aromatic nitrogens is 3. The predicted molar refractivity (Wildman–Crippen MR) is 115 cm³/mol. The van der Waals surface area contributed by atoms with Crippen LogP contribution >= 0.6 is 11.8 Å². The molecule has 1 heterocycles. The molecule has 0 spiro atoms. The first-order valence-electron chi connectivity index (χ1n) is 9.50. The predicted octanol–water partition coefficient (Wildman–Crippen LogP) is 2.90. The Morgan fingerprint density at radius 3 is 2.59 bits per heavy atom. The third-order valence-electron chi connectivity index (χ3n) is 4.30. The van der Waals surface area contributed by atoms with Crippen molar-refractivity contribution in [1.82, 2.24) is 20.2 Å². The lowest BCUT2D eigenvalue weighted by atomic mass is 10.1. The van der Waals surface area contributed by atoms with Crippen molar-refractivity contribution >= 4 is 17.7 Å². The molecule has 0 radical (unpaired) electrons. The molecule has 1 amide bonds. The topological polar surface area (TPSA) is 95.1 Å². The molecule has 29 heavy (non-hydrogen) atoms. The van der Waals surface area contributed by atoms with Gasteiger partial charge in [-0.15, -0.1) is 10.2 Å². The molecule has 0 fully saturated rings. The molecular weight excluding hydrogens is 386 g/mol. The average molecular weight is 412 g/mol. The number of carbonyl (C=O) groups excluding carboxylic acids is 1.